The standard InChI is InChI=1S/C42H78NO2/c1-5-7-9-11-13-15-17-19-21-23-25-27-29-31-33-35-37-44-41-39-43(3,4)40-42(41)45-38-36-34-32-30-28-26-24-22-20-18-16-14-12-10-8-6-2/h13-16,19-22,41-42H,5-12,17-18,23-40H2,1-4H3/q+1/t41-,42?/m1/s1. The molecule has 3 heteroatoms. The van der Waals surface area contributed by atoms with Crippen molar-refractivity contribution in [3.8, 4) is 0 Å². The Labute approximate surface area is 282 Å². The fraction of sp³-hybridized carbons (Fsp3) is 0.810. The fourth-order valence-electron chi connectivity index (χ4n) is 6.25. The van der Waals surface area contributed by atoms with E-state index < -0.39 is 0 Å². The molecule has 0 aliphatic carbocycles. The third-order valence-electron chi connectivity index (χ3n) is 9.12. The number of likely N-dealkylation sites (N-methyl/N-ethyl adjacent to an activating group) is 1. The Hall–Kier alpha value is -1.16. The Bertz CT molecular complexity index is 677. The highest BCUT2D eigenvalue weighted by Gasteiger charge is 2.41. The summed E-state index contributed by atoms with van der Waals surface area (Å²) in [7, 11) is 4.64. The van der Waals surface area contributed by atoms with E-state index in [0.717, 1.165) is 43.6 Å². The van der Waals surface area contributed by atoms with Crippen molar-refractivity contribution in [3.63, 3.8) is 0 Å². The number of hydrogen-bond donors (Lipinski definition) is 0. The van der Waals surface area contributed by atoms with Crippen LogP contribution in [0, 0.1) is 0 Å². The summed E-state index contributed by atoms with van der Waals surface area (Å²) in [5.41, 5.74) is 0. The number of allylic oxidation sites excluding steroid dienone is 8. The highest BCUT2D eigenvalue weighted by Crippen LogP contribution is 2.22. The molecule has 0 spiro atoms. The highest BCUT2D eigenvalue weighted by atomic mass is 16.5. The van der Waals surface area contributed by atoms with Crippen molar-refractivity contribution in [1.29, 1.82) is 0 Å². The number of quaternary nitrogens is 1. The first-order valence-electron chi connectivity index (χ1n) is 19.7. The van der Waals surface area contributed by atoms with Crippen LogP contribution in [0.4, 0.5) is 0 Å². The maximum Gasteiger partial charge on any atom is 0.138 e. The lowest BCUT2D eigenvalue weighted by molar-refractivity contribution is -0.880. The van der Waals surface area contributed by atoms with Gasteiger partial charge in [-0.15, -0.1) is 0 Å². The minimum absolute atomic E-state index is 0.266. The zero-order valence-corrected chi connectivity index (χ0v) is 30.8. The maximum atomic E-state index is 6.39. The van der Waals surface area contributed by atoms with Gasteiger partial charge < -0.3 is 14.0 Å². The SMILES string of the molecule is CCCCCC=CCC=CCCCCCCCCOC1C[N+](C)(C)C[C@H]1OCCCCCCCCC=CCC=CCCCCC. The lowest BCUT2D eigenvalue weighted by Gasteiger charge is -2.22. The van der Waals surface area contributed by atoms with Crippen LogP contribution in [0.5, 0.6) is 0 Å². The fourth-order valence-corrected chi connectivity index (χ4v) is 6.25. The summed E-state index contributed by atoms with van der Waals surface area (Å²) < 4.78 is 13.8. The van der Waals surface area contributed by atoms with Crippen LogP contribution in [0.1, 0.15) is 168 Å². The molecule has 45 heavy (non-hydrogen) atoms. The molecule has 0 bridgehead atoms. The smallest absolute Gasteiger partial charge is 0.138 e. The molecule has 1 fully saturated rings. The molecule has 0 saturated carbocycles. The van der Waals surface area contributed by atoms with Crippen LogP contribution in [0.3, 0.4) is 0 Å². The van der Waals surface area contributed by atoms with Crippen LogP contribution in [-0.2, 0) is 9.47 Å². The number of likely N-dealkylation sites (tertiary alicyclic amines) is 1. The van der Waals surface area contributed by atoms with Crippen molar-refractivity contribution in [3.05, 3.63) is 48.6 Å². The van der Waals surface area contributed by atoms with E-state index in [1.54, 1.807) is 0 Å². The second-order valence-electron chi connectivity index (χ2n) is 14.3. The normalized spacial score (nSPS) is 18.6. The number of ether oxygens (including phenoxy) is 2. The van der Waals surface area contributed by atoms with Crippen LogP contribution in [-0.4, -0.2) is 57.1 Å². The van der Waals surface area contributed by atoms with Crippen LogP contribution in [0.2, 0.25) is 0 Å². The number of hydrogen-bond acceptors (Lipinski definition) is 2. The molecule has 0 aromatic carbocycles. The quantitative estimate of drug-likeness (QED) is 0.0419. The molecule has 1 rings (SSSR count). The van der Waals surface area contributed by atoms with E-state index in [1.807, 2.05) is 0 Å². The summed E-state index contributed by atoms with van der Waals surface area (Å²) in [6, 6.07) is 0. The number of nitrogens with zero attached hydrogens (tertiary/aromatic N) is 1. The lowest BCUT2D eigenvalue weighted by Crippen LogP contribution is -2.38. The molecule has 1 saturated heterocycles. The summed E-state index contributed by atoms with van der Waals surface area (Å²) in [4.78, 5) is 0. The molecule has 1 unspecified atom stereocenters. The van der Waals surface area contributed by atoms with Crippen molar-refractivity contribution < 1.29 is 14.0 Å². The Balaban J connectivity index is 1.96. The average molecular weight is 629 g/mol. The third kappa shape index (κ3) is 27.6. The van der Waals surface area contributed by atoms with E-state index in [1.165, 1.54) is 141 Å². The van der Waals surface area contributed by atoms with Crippen LogP contribution < -0.4 is 0 Å². The van der Waals surface area contributed by atoms with Crippen molar-refractivity contribution in [2.75, 3.05) is 40.4 Å². The molecular formula is C42H78NO2+. The first-order chi connectivity index (χ1) is 22.1. The Morgan fingerprint density at radius 1 is 0.422 bits per heavy atom. The van der Waals surface area contributed by atoms with Gasteiger partial charge in [0, 0.05) is 13.2 Å². The summed E-state index contributed by atoms with van der Waals surface area (Å²) >= 11 is 0. The summed E-state index contributed by atoms with van der Waals surface area (Å²) in [6.45, 7) is 8.48. The van der Waals surface area contributed by atoms with Gasteiger partial charge in [-0.3, -0.25) is 0 Å². The monoisotopic (exact) mass is 629 g/mol. The zero-order chi connectivity index (χ0) is 32.5. The zero-order valence-electron chi connectivity index (χ0n) is 30.8. The molecule has 0 radical (unpaired) electrons. The van der Waals surface area contributed by atoms with E-state index in [2.05, 4.69) is 76.6 Å². The van der Waals surface area contributed by atoms with E-state index in [4.69, 9.17) is 9.47 Å². The van der Waals surface area contributed by atoms with Gasteiger partial charge in [-0.25, -0.2) is 0 Å². The minimum Gasteiger partial charge on any atom is -0.369 e. The second-order valence-corrected chi connectivity index (χ2v) is 14.3. The van der Waals surface area contributed by atoms with Crippen LogP contribution in [0.25, 0.3) is 0 Å². The topological polar surface area (TPSA) is 18.5 Å². The summed E-state index contributed by atoms with van der Waals surface area (Å²) in [5, 5.41) is 0. The first kappa shape index (κ1) is 41.9. The maximum absolute atomic E-state index is 6.39. The molecule has 262 valence electrons. The van der Waals surface area contributed by atoms with Gasteiger partial charge in [0.2, 0.25) is 0 Å². The van der Waals surface area contributed by atoms with Crippen molar-refractivity contribution in [1.82, 2.24) is 0 Å². The van der Waals surface area contributed by atoms with Gasteiger partial charge in [0.25, 0.3) is 0 Å². The molecule has 0 aromatic rings. The van der Waals surface area contributed by atoms with Gasteiger partial charge in [-0.05, 0) is 77.0 Å². The molecule has 0 aromatic heterocycles. The second kappa shape index (κ2) is 31.4. The molecule has 1 heterocycles. The Morgan fingerprint density at radius 3 is 1.09 bits per heavy atom. The van der Waals surface area contributed by atoms with E-state index in [-0.39, 0.29) is 12.2 Å². The van der Waals surface area contributed by atoms with Gasteiger partial charge in [0.1, 0.15) is 25.3 Å². The lowest BCUT2D eigenvalue weighted by atomic mass is 10.1. The predicted molar refractivity (Wildman–Crippen MR) is 200 cm³/mol. The van der Waals surface area contributed by atoms with Crippen molar-refractivity contribution >= 4 is 0 Å². The van der Waals surface area contributed by atoms with Gasteiger partial charge in [0.15, 0.2) is 0 Å². The van der Waals surface area contributed by atoms with Crippen molar-refractivity contribution in [2.45, 2.75) is 180 Å². The van der Waals surface area contributed by atoms with E-state index >= 15 is 0 Å². The molecule has 3 nitrogen and oxygen atoms in total. The summed E-state index contributed by atoms with van der Waals surface area (Å²) in [6.07, 6.45) is 50.3. The van der Waals surface area contributed by atoms with Crippen LogP contribution >= 0.6 is 0 Å². The van der Waals surface area contributed by atoms with E-state index in [9.17, 15) is 0 Å². The highest BCUT2D eigenvalue weighted by molar-refractivity contribution is 4.93. The van der Waals surface area contributed by atoms with E-state index in [0.29, 0.717) is 0 Å². The van der Waals surface area contributed by atoms with Gasteiger partial charge in [-0.1, -0.05) is 140 Å². The molecule has 0 N–H and O–H groups in total. The third-order valence-corrected chi connectivity index (χ3v) is 9.12. The predicted octanol–water partition coefficient (Wildman–Crippen LogP) is 12.5. The molecule has 0 amide bonds. The van der Waals surface area contributed by atoms with Gasteiger partial charge >= 0.3 is 0 Å². The first-order valence-corrected chi connectivity index (χ1v) is 19.7. The number of rotatable bonds is 32. The van der Waals surface area contributed by atoms with Gasteiger partial charge in [-0.2, -0.15) is 0 Å². The Kier molecular flexibility index (Phi) is 29.2. The molecular weight excluding hydrogens is 550 g/mol. The molecule has 1 aliphatic heterocycles. The van der Waals surface area contributed by atoms with Crippen LogP contribution in [0.15, 0.2) is 48.6 Å². The van der Waals surface area contributed by atoms with Gasteiger partial charge in [0.05, 0.1) is 14.1 Å². The molecule has 2 atom stereocenters. The summed E-state index contributed by atoms with van der Waals surface area (Å²) in [5.74, 6) is 0. The number of unbranched alkanes of at least 4 members (excludes halogenated alkanes) is 18. The largest absolute Gasteiger partial charge is 0.369 e. The minimum atomic E-state index is 0.266. The average Bonchev–Trinajstić information content (AvgIpc) is 3.32. The van der Waals surface area contributed by atoms with Crippen molar-refractivity contribution in [2.24, 2.45) is 0 Å². The molecule has 1 aliphatic rings. The Morgan fingerprint density at radius 2 is 0.733 bits per heavy atom.